The van der Waals surface area contributed by atoms with Gasteiger partial charge in [0.25, 0.3) is 0 Å². The number of nitrogens with one attached hydrogen (secondary N) is 1. The van der Waals surface area contributed by atoms with E-state index in [9.17, 15) is 4.79 Å². The molecule has 1 N–H and O–H groups in total. The number of benzene rings is 2. The number of ether oxygens (including phenoxy) is 1. The molecular weight excluding hydrogens is 486 g/mol. The maximum atomic E-state index is 12.5. The molecule has 4 rings (SSSR count). The Morgan fingerprint density at radius 1 is 1.20 bits per heavy atom. The van der Waals surface area contributed by atoms with Gasteiger partial charge in [-0.3, -0.25) is 9.79 Å². The Labute approximate surface area is 193 Å². The van der Waals surface area contributed by atoms with Crippen molar-refractivity contribution < 1.29 is 9.53 Å². The van der Waals surface area contributed by atoms with Gasteiger partial charge in [-0.2, -0.15) is 0 Å². The standard InChI is InChI=1S/C22H21BrClN3O2S/c1-29-18-9-8-16(12-17(18)24)25-19(28)13-30-21-20(14-4-6-15(23)7-5-14)26-22(27-21)10-2-3-11-22/h4-9,12H,2-3,10-11,13H2,1H3,(H,25,28). The number of methoxy groups -OCH3 is 1. The smallest absolute Gasteiger partial charge is 0.234 e. The average Bonchev–Trinajstić information content (AvgIpc) is 3.34. The van der Waals surface area contributed by atoms with Crippen molar-refractivity contribution in [1.29, 1.82) is 0 Å². The summed E-state index contributed by atoms with van der Waals surface area (Å²) in [4.78, 5) is 22.5. The molecular formula is C22H21BrClN3O2S. The number of thioether (sulfide) groups is 1. The van der Waals surface area contributed by atoms with Crippen LogP contribution in [-0.2, 0) is 4.79 Å². The Bertz CT molecular complexity index is 1020. The van der Waals surface area contributed by atoms with Crippen molar-refractivity contribution in [2.75, 3.05) is 18.2 Å². The number of aliphatic imine (C=N–C) groups is 2. The number of carbonyl (C=O) groups is 1. The monoisotopic (exact) mass is 505 g/mol. The fourth-order valence-corrected chi connectivity index (χ4v) is 5.06. The van der Waals surface area contributed by atoms with Gasteiger partial charge < -0.3 is 10.1 Å². The van der Waals surface area contributed by atoms with Crippen LogP contribution in [0, 0.1) is 0 Å². The fourth-order valence-electron chi connectivity index (χ4n) is 3.66. The molecule has 1 amide bonds. The molecule has 1 aliphatic carbocycles. The first-order valence-corrected chi connectivity index (χ1v) is 11.9. The number of anilines is 1. The summed E-state index contributed by atoms with van der Waals surface area (Å²) in [5.74, 6) is 0.696. The Balaban J connectivity index is 1.46. The van der Waals surface area contributed by atoms with E-state index in [1.54, 1.807) is 25.3 Å². The van der Waals surface area contributed by atoms with Crippen molar-refractivity contribution >= 4 is 61.6 Å². The summed E-state index contributed by atoms with van der Waals surface area (Å²) < 4.78 is 6.16. The van der Waals surface area contributed by atoms with Gasteiger partial charge in [0, 0.05) is 15.7 Å². The third kappa shape index (κ3) is 4.74. The van der Waals surface area contributed by atoms with Crippen LogP contribution in [0.25, 0.3) is 0 Å². The normalized spacial score (nSPS) is 17.0. The number of amides is 1. The van der Waals surface area contributed by atoms with Crippen molar-refractivity contribution in [3.63, 3.8) is 0 Å². The molecule has 1 heterocycles. The highest BCUT2D eigenvalue weighted by molar-refractivity contribution is 9.10. The molecule has 0 bridgehead atoms. The molecule has 2 aromatic carbocycles. The lowest BCUT2D eigenvalue weighted by atomic mass is 10.1. The number of hydrogen-bond donors (Lipinski definition) is 1. The van der Waals surface area contributed by atoms with Gasteiger partial charge in [0.1, 0.15) is 10.8 Å². The average molecular weight is 507 g/mol. The maximum absolute atomic E-state index is 12.5. The lowest BCUT2D eigenvalue weighted by Crippen LogP contribution is -2.17. The molecule has 2 aliphatic rings. The second-order valence-corrected chi connectivity index (χ2v) is 9.55. The third-order valence-electron chi connectivity index (χ3n) is 5.13. The zero-order chi connectivity index (χ0) is 21.1. The second-order valence-electron chi connectivity index (χ2n) is 7.26. The van der Waals surface area contributed by atoms with Gasteiger partial charge in [-0.1, -0.05) is 51.4 Å². The van der Waals surface area contributed by atoms with Crippen LogP contribution in [0.5, 0.6) is 5.75 Å². The van der Waals surface area contributed by atoms with Crippen LogP contribution in [-0.4, -0.2) is 35.2 Å². The first kappa shape index (κ1) is 21.4. The fraction of sp³-hybridized carbons (Fsp3) is 0.318. The van der Waals surface area contributed by atoms with E-state index in [1.165, 1.54) is 11.8 Å². The summed E-state index contributed by atoms with van der Waals surface area (Å²) in [6, 6.07) is 13.2. The van der Waals surface area contributed by atoms with Crippen LogP contribution in [0.15, 0.2) is 56.9 Å². The summed E-state index contributed by atoms with van der Waals surface area (Å²) in [7, 11) is 1.56. The van der Waals surface area contributed by atoms with E-state index >= 15 is 0 Å². The van der Waals surface area contributed by atoms with E-state index in [0.29, 0.717) is 16.5 Å². The zero-order valence-electron chi connectivity index (χ0n) is 16.5. The number of nitrogens with zero attached hydrogens (tertiary/aromatic N) is 2. The molecule has 0 aromatic heterocycles. The van der Waals surface area contributed by atoms with Crippen LogP contribution in [0.3, 0.4) is 0 Å². The van der Waals surface area contributed by atoms with Gasteiger partial charge in [0.2, 0.25) is 5.91 Å². The van der Waals surface area contributed by atoms with Crippen molar-refractivity contribution in [2.45, 2.75) is 31.3 Å². The number of rotatable bonds is 5. The van der Waals surface area contributed by atoms with Gasteiger partial charge in [0.15, 0.2) is 5.66 Å². The molecule has 1 saturated carbocycles. The number of hydrogen-bond acceptors (Lipinski definition) is 5. The predicted octanol–water partition coefficient (Wildman–Crippen LogP) is 5.95. The first-order valence-electron chi connectivity index (χ1n) is 9.70. The Hall–Kier alpha value is -1.83. The van der Waals surface area contributed by atoms with Crippen molar-refractivity contribution in [1.82, 2.24) is 0 Å². The molecule has 0 saturated heterocycles. The SMILES string of the molecule is COc1ccc(NC(=O)CSC2=NC3(CCCC3)N=C2c2ccc(Br)cc2)cc1Cl. The van der Waals surface area contributed by atoms with Crippen molar-refractivity contribution in [2.24, 2.45) is 9.98 Å². The molecule has 30 heavy (non-hydrogen) atoms. The van der Waals surface area contributed by atoms with Gasteiger partial charge in [-0.05, 0) is 56.0 Å². The van der Waals surface area contributed by atoms with Crippen LogP contribution in [0.1, 0.15) is 31.2 Å². The Morgan fingerprint density at radius 3 is 2.60 bits per heavy atom. The molecule has 156 valence electrons. The molecule has 0 radical (unpaired) electrons. The minimum absolute atomic E-state index is 0.119. The molecule has 5 nitrogen and oxygen atoms in total. The molecule has 8 heteroatoms. The van der Waals surface area contributed by atoms with Crippen molar-refractivity contribution in [3.8, 4) is 5.75 Å². The van der Waals surface area contributed by atoms with Crippen molar-refractivity contribution in [3.05, 3.63) is 57.5 Å². The zero-order valence-corrected chi connectivity index (χ0v) is 19.6. The molecule has 0 unspecified atom stereocenters. The minimum atomic E-state index is -0.343. The van der Waals surface area contributed by atoms with E-state index in [2.05, 4.69) is 21.2 Å². The van der Waals surface area contributed by atoms with E-state index in [-0.39, 0.29) is 17.3 Å². The lowest BCUT2D eigenvalue weighted by Gasteiger charge is -2.14. The number of carbonyl (C=O) groups excluding carboxylic acids is 1. The maximum Gasteiger partial charge on any atom is 0.234 e. The molecule has 2 aromatic rings. The van der Waals surface area contributed by atoms with Crippen LogP contribution < -0.4 is 10.1 Å². The third-order valence-corrected chi connectivity index (χ3v) is 6.92. The number of halogens is 2. The van der Waals surface area contributed by atoms with Gasteiger partial charge >= 0.3 is 0 Å². The van der Waals surface area contributed by atoms with E-state index in [0.717, 1.165) is 46.5 Å². The highest BCUT2D eigenvalue weighted by atomic mass is 79.9. The quantitative estimate of drug-likeness (QED) is 0.545. The highest BCUT2D eigenvalue weighted by Gasteiger charge is 2.39. The topological polar surface area (TPSA) is 63.0 Å². The summed E-state index contributed by atoms with van der Waals surface area (Å²) in [6.07, 6.45) is 4.20. The van der Waals surface area contributed by atoms with Gasteiger partial charge in [-0.15, -0.1) is 0 Å². The molecule has 0 atom stereocenters. The van der Waals surface area contributed by atoms with E-state index in [1.807, 2.05) is 24.3 Å². The van der Waals surface area contributed by atoms with Crippen LogP contribution >= 0.6 is 39.3 Å². The summed E-state index contributed by atoms with van der Waals surface area (Å²) in [5, 5.41) is 4.17. The first-order chi connectivity index (χ1) is 14.5. The van der Waals surface area contributed by atoms with Crippen LogP contribution in [0.2, 0.25) is 5.02 Å². The highest BCUT2D eigenvalue weighted by Crippen LogP contribution is 2.40. The molecule has 1 spiro atoms. The largest absolute Gasteiger partial charge is 0.495 e. The van der Waals surface area contributed by atoms with E-state index < -0.39 is 0 Å². The summed E-state index contributed by atoms with van der Waals surface area (Å²) >= 11 is 11.0. The van der Waals surface area contributed by atoms with E-state index in [4.69, 9.17) is 26.3 Å². The molecule has 1 fully saturated rings. The minimum Gasteiger partial charge on any atom is -0.495 e. The summed E-state index contributed by atoms with van der Waals surface area (Å²) in [5.41, 5.74) is 2.20. The summed E-state index contributed by atoms with van der Waals surface area (Å²) in [6.45, 7) is 0. The second kappa shape index (κ2) is 9.12. The Kier molecular flexibility index (Phi) is 6.51. The van der Waals surface area contributed by atoms with Gasteiger partial charge in [-0.25, -0.2) is 4.99 Å². The molecule has 1 aliphatic heterocycles. The predicted molar refractivity (Wildman–Crippen MR) is 128 cm³/mol. The van der Waals surface area contributed by atoms with Gasteiger partial charge in [0.05, 0.1) is 23.6 Å². The lowest BCUT2D eigenvalue weighted by molar-refractivity contribution is -0.113. The Morgan fingerprint density at radius 2 is 1.93 bits per heavy atom. The van der Waals surface area contributed by atoms with Crippen LogP contribution in [0.4, 0.5) is 5.69 Å².